The molecule has 0 aliphatic heterocycles. The Labute approximate surface area is 164 Å². The minimum atomic E-state index is -0.578. The molecule has 2 aromatic rings. The Morgan fingerprint density at radius 3 is 2.42 bits per heavy atom. The third-order valence-electron chi connectivity index (χ3n) is 3.69. The second-order valence-corrected chi connectivity index (χ2v) is 6.73. The Kier molecular flexibility index (Phi) is 9.19. The fourth-order valence-electron chi connectivity index (χ4n) is 2.26. The van der Waals surface area contributed by atoms with E-state index >= 15 is 0 Å². The van der Waals surface area contributed by atoms with Crippen LogP contribution in [0.15, 0.2) is 48.5 Å². The monoisotopic (exact) mass is 393 g/mol. The fraction of sp³-hybridized carbons (Fsp3) is 0.263. The lowest BCUT2D eigenvalue weighted by atomic mass is 10.1. The number of aryl methyl sites for hydroxylation is 1. The van der Waals surface area contributed by atoms with Crippen LogP contribution in [0.3, 0.4) is 0 Å². The third-order valence-corrected chi connectivity index (χ3v) is 4.33. The molecule has 0 saturated heterocycles. The zero-order valence-corrected chi connectivity index (χ0v) is 16.5. The second kappa shape index (κ2) is 10.9. The molecule has 0 saturated carbocycles. The van der Waals surface area contributed by atoms with E-state index in [0.717, 1.165) is 11.3 Å². The molecule has 0 radical (unpaired) electrons. The number of carbonyl (C=O) groups is 2. The first-order chi connectivity index (χ1) is 12.0. The van der Waals surface area contributed by atoms with Crippen molar-refractivity contribution in [2.24, 2.45) is 5.73 Å². The maximum absolute atomic E-state index is 12.4. The number of hydrogen-bond acceptors (Lipinski definition) is 4. The van der Waals surface area contributed by atoms with Gasteiger partial charge in [-0.3, -0.25) is 9.59 Å². The molecule has 2 rings (SSSR count). The maximum Gasteiger partial charge on any atom is 0.255 e. The molecule has 26 heavy (non-hydrogen) atoms. The van der Waals surface area contributed by atoms with E-state index in [1.54, 1.807) is 42.1 Å². The van der Waals surface area contributed by atoms with Gasteiger partial charge in [-0.1, -0.05) is 24.3 Å². The summed E-state index contributed by atoms with van der Waals surface area (Å²) in [5.74, 6) is 0.335. The third kappa shape index (κ3) is 6.37. The van der Waals surface area contributed by atoms with E-state index in [9.17, 15) is 9.59 Å². The molecule has 2 aromatic carbocycles. The molecular weight excluding hydrogens is 370 g/mol. The average Bonchev–Trinajstić information content (AvgIpc) is 2.62. The van der Waals surface area contributed by atoms with Crippen molar-refractivity contribution in [1.82, 2.24) is 0 Å². The summed E-state index contributed by atoms with van der Waals surface area (Å²) in [5.41, 5.74) is 8.55. The van der Waals surface area contributed by atoms with Crippen LogP contribution in [0.1, 0.15) is 22.3 Å². The number of hydrogen-bond donors (Lipinski definition) is 3. The SMILES string of the molecule is CSCC[C@H](N)C(=O)Nc1cc(C)ccc1NC(=O)c1ccccc1.Cl. The van der Waals surface area contributed by atoms with Crippen molar-refractivity contribution in [3.8, 4) is 0 Å². The summed E-state index contributed by atoms with van der Waals surface area (Å²) >= 11 is 1.65. The summed E-state index contributed by atoms with van der Waals surface area (Å²) in [6, 6.07) is 13.8. The van der Waals surface area contributed by atoms with Crippen molar-refractivity contribution in [1.29, 1.82) is 0 Å². The van der Waals surface area contributed by atoms with Crippen LogP contribution >= 0.6 is 24.2 Å². The number of halogens is 1. The van der Waals surface area contributed by atoms with Crippen LogP contribution in [-0.4, -0.2) is 29.9 Å². The molecule has 0 spiro atoms. The first-order valence-corrected chi connectivity index (χ1v) is 9.43. The summed E-state index contributed by atoms with van der Waals surface area (Å²) in [4.78, 5) is 24.6. The molecule has 0 aromatic heterocycles. The van der Waals surface area contributed by atoms with E-state index in [4.69, 9.17) is 5.73 Å². The van der Waals surface area contributed by atoms with E-state index in [1.165, 1.54) is 0 Å². The predicted octanol–water partition coefficient (Wildman–Crippen LogP) is 3.69. The summed E-state index contributed by atoms with van der Waals surface area (Å²) in [6.45, 7) is 1.92. The van der Waals surface area contributed by atoms with E-state index in [1.807, 2.05) is 31.4 Å². The Bertz CT molecular complexity index is 741. The lowest BCUT2D eigenvalue weighted by molar-refractivity contribution is -0.117. The molecule has 0 aliphatic rings. The first-order valence-electron chi connectivity index (χ1n) is 8.03. The molecule has 7 heteroatoms. The van der Waals surface area contributed by atoms with Gasteiger partial charge in [-0.2, -0.15) is 11.8 Å². The van der Waals surface area contributed by atoms with Crippen LogP contribution in [0.25, 0.3) is 0 Å². The number of rotatable bonds is 7. The van der Waals surface area contributed by atoms with E-state index in [0.29, 0.717) is 23.4 Å². The molecule has 4 N–H and O–H groups in total. The van der Waals surface area contributed by atoms with Gasteiger partial charge < -0.3 is 16.4 Å². The van der Waals surface area contributed by atoms with Crippen LogP contribution in [0.5, 0.6) is 0 Å². The van der Waals surface area contributed by atoms with Crippen molar-refractivity contribution in [2.45, 2.75) is 19.4 Å². The van der Waals surface area contributed by atoms with Gasteiger partial charge in [0.2, 0.25) is 5.91 Å². The minimum absolute atomic E-state index is 0. The summed E-state index contributed by atoms with van der Waals surface area (Å²) in [6.07, 6.45) is 2.58. The number of nitrogens with two attached hydrogens (primary N) is 1. The topological polar surface area (TPSA) is 84.2 Å². The van der Waals surface area contributed by atoms with Gasteiger partial charge in [0.1, 0.15) is 0 Å². The highest BCUT2D eigenvalue weighted by molar-refractivity contribution is 7.98. The number of thioether (sulfide) groups is 1. The molecule has 140 valence electrons. The van der Waals surface area contributed by atoms with Crippen LogP contribution in [0.2, 0.25) is 0 Å². The summed E-state index contributed by atoms with van der Waals surface area (Å²) < 4.78 is 0. The zero-order chi connectivity index (χ0) is 18.2. The Hall–Kier alpha value is -2.02. The van der Waals surface area contributed by atoms with Crippen molar-refractivity contribution in [2.75, 3.05) is 22.6 Å². The molecule has 0 unspecified atom stereocenters. The van der Waals surface area contributed by atoms with Gasteiger partial charge in [-0.15, -0.1) is 12.4 Å². The molecule has 0 fully saturated rings. The normalized spacial score (nSPS) is 11.2. The van der Waals surface area contributed by atoms with Crippen molar-refractivity contribution >= 4 is 47.4 Å². The van der Waals surface area contributed by atoms with Crippen molar-refractivity contribution in [3.05, 3.63) is 59.7 Å². The predicted molar refractivity (Wildman–Crippen MR) is 112 cm³/mol. The van der Waals surface area contributed by atoms with E-state index in [-0.39, 0.29) is 24.2 Å². The molecule has 0 aliphatic carbocycles. The van der Waals surface area contributed by atoms with Crippen LogP contribution < -0.4 is 16.4 Å². The standard InChI is InChI=1S/C19H23N3O2S.ClH/c1-13-8-9-16(21-18(23)14-6-4-3-5-7-14)17(12-13)22-19(24)15(20)10-11-25-2;/h3-9,12,15H,10-11,20H2,1-2H3,(H,21,23)(H,22,24);1H/t15-;/m0./s1. The molecular formula is C19H24ClN3O2S. The average molecular weight is 394 g/mol. The van der Waals surface area contributed by atoms with Crippen molar-refractivity contribution < 1.29 is 9.59 Å². The van der Waals surface area contributed by atoms with Crippen molar-refractivity contribution in [3.63, 3.8) is 0 Å². The molecule has 2 amide bonds. The Morgan fingerprint density at radius 1 is 1.08 bits per heavy atom. The fourth-order valence-corrected chi connectivity index (χ4v) is 2.75. The Balaban J connectivity index is 0.00000338. The van der Waals surface area contributed by atoms with E-state index in [2.05, 4.69) is 10.6 Å². The maximum atomic E-state index is 12.4. The highest BCUT2D eigenvalue weighted by Gasteiger charge is 2.16. The first kappa shape index (κ1) is 22.0. The highest BCUT2D eigenvalue weighted by Crippen LogP contribution is 2.24. The van der Waals surface area contributed by atoms with Gasteiger partial charge in [-0.05, 0) is 55.2 Å². The van der Waals surface area contributed by atoms with Crippen LogP contribution in [0.4, 0.5) is 11.4 Å². The smallest absolute Gasteiger partial charge is 0.255 e. The molecule has 0 heterocycles. The largest absolute Gasteiger partial charge is 0.323 e. The number of anilines is 2. The van der Waals surface area contributed by atoms with Gasteiger partial charge in [0.15, 0.2) is 0 Å². The molecule has 0 bridgehead atoms. The lowest BCUT2D eigenvalue weighted by Gasteiger charge is -2.16. The number of amides is 2. The Morgan fingerprint density at radius 2 is 1.77 bits per heavy atom. The summed E-state index contributed by atoms with van der Waals surface area (Å²) in [5, 5.41) is 5.67. The van der Waals surface area contributed by atoms with Crippen LogP contribution in [0, 0.1) is 6.92 Å². The van der Waals surface area contributed by atoms with Crippen LogP contribution in [-0.2, 0) is 4.79 Å². The molecule has 5 nitrogen and oxygen atoms in total. The minimum Gasteiger partial charge on any atom is -0.323 e. The molecule has 1 atom stereocenters. The van der Waals surface area contributed by atoms with Gasteiger partial charge >= 0.3 is 0 Å². The zero-order valence-electron chi connectivity index (χ0n) is 14.8. The number of carbonyl (C=O) groups excluding carboxylic acids is 2. The lowest BCUT2D eigenvalue weighted by Crippen LogP contribution is -2.36. The van der Waals surface area contributed by atoms with Gasteiger partial charge in [0.25, 0.3) is 5.91 Å². The van der Waals surface area contributed by atoms with Gasteiger partial charge in [0, 0.05) is 5.56 Å². The highest BCUT2D eigenvalue weighted by atomic mass is 35.5. The summed E-state index contributed by atoms with van der Waals surface area (Å²) in [7, 11) is 0. The second-order valence-electron chi connectivity index (χ2n) is 5.75. The van der Waals surface area contributed by atoms with Gasteiger partial charge in [0.05, 0.1) is 17.4 Å². The quantitative estimate of drug-likeness (QED) is 0.669. The van der Waals surface area contributed by atoms with E-state index < -0.39 is 6.04 Å². The van der Waals surface area contributed by atoms with Gasteiger partial charge in [-0.25, -0.2) is 0 Å². The number of nitrogens with one attached hydrogen (secondary N) is 2. The number of benzene rings is 2.